The minimum Gasteiger partial charge on any atom is -0.305 e. The third-order valence-corrected chi connectivity index (χ3v) is 4.67. The van der Waals surface area contributed by atoms with Gasteiger partial charge in [-0.15, -0.1) is 0 Å². The van der Waals surface area contributed by atoms with Gasteiger partial charge in [-0.1, -0.05) is 35.3 Å². The number of hydrogen-bond acceptors (Lipinski definition) is 4. The molecule has 3 rings (SSSR count). The van der Waals surface area contributed by atoms with Crippen LogP contribution in [0.3, 0.4) is 0 Å². The Kier molecular flexibility index (Phi) is 5.54. The molecule has 0 spiro atoms. The van der Waals surface area contributed by atoms with Gasteiger partial charge in [0, 0.05) is 26.1 Å². The van der Waals surface area contributed by atoms with Crippen LogP contribution < -0.4 is 5.32 Å². The van der Waals surface area contributed by atoms with Crippen molar-refractivity contribution in [2.24, 2.45) is 5.10 Å². The van der Waals surface area contributed by atoms with Crippen molar-refractivity contribution in [1.29, 1.82) is 0 Å². The van der Waals surface area contributed by atoms with Crippen molar-refractivity contribution in [3.05, 3.63) is 57.7 Å². The van der Waals surface area contributed by atoms with Gasteiger partial charge in [0.2, 0.25) is 5.91 Å². The molecule has 0 saturated carbocycles. The number of halogens is 2. The molecule has 0 saturated heterocycles. The molecule has 2 amide bonds. The zero-order valence-electron chi connectivity index (χ0n) is 14.0. The summed E-state index contributed by atoms with van der Waals surface area (Å²) >= 11 is 11.9. The second-order valence-corrected chi connectivity index (χ2v) is 6.71. The zero-order valence-corrected chi connectivity index (χ0v) is 15.5. The van der Waals surface area contributed by atoms with Crippen LogP contribution in [0.2, 0.25) is 10.0 Å². The number of benzene rings is 1. The van der Waals surface area contributed by atoms with Gasteiger partial charge in [0.1, 0.15) is 11.5 Å². The number of hydrogen-bond donors (Lipinski definition) is 1. The highest BCUT2D eigenvalue weighted by molar-refractivity contribution is 6.43. The molecule has 26 heavy (non-hydrogen) atoms. The molecule has 1 N–H and O–H groups in total. The molecule has 0 radical (unpaired) electrons. The Morgan fingerprint density at radius 2 is 1.92 bits per heavy atom. The highest BCUT2D eigenvalue weighted by atomic mass is 35.5. The Morgan fingerprint density at radius 1 is 1.15 bits per heavy atom. The number of aromatic nitrogens is 1. The van der Waals surface area contributed by atoms with Crippen LogP contribution in [0.1, 0.15) is 24.0 Å². The first-order chi connectivity index (χ1) is 12.4. The number of hydrazone groups is 1. The first kappa shape index (κ1) is 18.4. The molecule has 0 aliphatic carbocycles. The van der Waals surface area contributed by atoms with E-state index in [-0.39, 0.29) is 18.2 Å². The van der Waals surface area contributed by atoms with E-state index >= 15 is 0 Å². The Labute approximate surface area is 160 Å². The Balaban J connectivity index is 1.64. The van der Waals surface area contributed by atoms with Crippen molar-refractivity contribution in [3.63, 3.8) is 0 Å². The molecule has 0 fully saturated rings. The topological polar surface area (TPSA) is 74.7 Å². The van der Waals surface area contributed by atoms with Crippen molar-refractivity contribution >= 4 is 46.5 Å². The van der Waals surface area contributed by atoms with Crippen LogP contribution in [-0.4, -0.2) is 34.6 Å². The van der Waals surface area contributed by atoms with Gasteiger partial charge < -0.3 is 5.32 Å². The van der Waals surface area contributed by atoms with Gasteiger partial charge in [-0.05, 0) is 35.7 Å². The predicted octanol–water partition coefficient (Wildman–Crippen LogP) is 3.53. The molecular formula is C18H16Cl2N4O2. The lowest BCUT2D eigenvalue weighted by molar-refractivity contribution is -0.130. The molecule has 1 aliphatic rings. The number of carbonyl (C=O) groups is 2. The van der Waals surface area contributed by atoms with Gasteiger partial charge in [-0.25, -0.2) is 9.99 Å². The molecule has 2 heterocycles. The van der Waals surface area contributed by atoms with Crippen molar-refractivity contribution < 1.29 is 9.59 Å². The normalized spacial score (nSPS) is 14.2. The summed E-state index contributed by atoms with van der Waals surface area (Å²) in [6.45, 7) is 0. The zero-order chi connectivity index (χ0) is 18.7. The average Bonchev–Trinajstić information content (AvgIpc) is 2.62. The third kappa shape index (κ3) is 4.39. The monoisotopic (exact) mass is 390 g/mol. The number of pyridine rings is 1. The van der Waals surface area contributed by atoms with Crippen LogP contribution >= 0.6 is 23.2 Å². The van der Waals surface area contributed by atoms with Crippen molar-refractivity contribution in [1.82, 2.24) is 9.99 Å². The summed E-state index contributed by atoms with van der Waals surface area (Å²) in [5, 5.41) is 8.90. The minimum atomic E-state index is -0.353. The van der Waals surface area contributed by atoms with Gasteiger partial charge in [0.25, 0.3) is 5.91 Å². The maximum Gasteiger partial charge on any atom is 0.273 e. The standard InChI is InChI=1S/C18H16Cl2N4O2/c1-24-17(25)7-5-15(23-24)18(26)22-16-6-3-12(10-21-16)8-11-2-4-13(19)14(20)9-11/h2-4,6,9-10H,5,7-8H2,1H3,(H,21,22,26). The van der Waals surface area contributed by atoms with Gasteiger partial charge in [-0.3, -0.25) is 9.59 Å². The third-order valence-electron chi connectivity index (χ3n) is 3.93. The summed E-state index contributed by atoms with van der Waals surface area (Å²) in [6, 6.07) is 9.09. The van der Waals surface area contributed by atoms with Crippen LogP contribution in [0, 0.1) is 0 Å². The Bertz CT molecular complexity index is 881. The Morgan fingerprint density at radius 3 is 2.58 bits per heavy atom. The quantitative estimate of drug-likeness (QED) is 0.867. The van der Waals surface area contributed by atoms with E-state index in [0.29, 0.717) is 34.4 Å². The number of nitrogens with one attached hydrogen (secondary N) is 1. The molecule has 0 unspecified atom stereocenters. The van der Waals surface area contributed by atoms with Crippen molar-refractivity contribution in [2.45, 2.75) is 19.3 Å². The molecule has 1 aromatic heterocycles. The lowest BCUT2D eigenvalue weighted by Gasteiger charge is -2.18. The maximum atomic E-state index is 12.2. The second kappa shape index (κ2) is 7.85. The molecular weight excluding hydrogens is 375 g/mol. The lowest BCUT2D eigenvalue weighted by atomic mass is 10.1. The number of anilines is 1. The summed E-state index contributed by atoms with van der Waals surface area (Å²) in [4.78, 5) is 27.9. The van der Waals surface area contributed by atoms with Crippen LogP contribution in [-0.2, 0) is 16.0 Å². The lowest BCUT2D eigenvalue weighted by Crippen LogP contribution is -2.34. The molecule has 1 aromatic carbocycles. The van der Waals surface area contributed by atoms with Crippen LogP contribution in [0.15, 0.2) is 41.6 Å². The SMILES string of the molecule is CN1N=C(C(=O)Nc2ccc(Cc3ccc(Cl)c(Cl)c3)cn2)CCC1=O. The molecule has 2 aromatic rings. The largest absolute Gasteiger partial charge is 0.305 e. The van der Waals surface area contributed by atoms with Gasteiger partial charge in [0.15, 0.2) is 0 Å². The molecule has 1 aliphatic heterocycles. The van der Waals surface area contributed by atoms with Crippen LogP contribution in [0.5, 0.6) is 0 Å². The highest BCUT2D eigenvalue weighted by Gasteiger charge is 2.22. The molecule has 0 bridgehead atoms. The van der Waals surface area contributed by atoms with E-state index in [4.69, 9.17) is 23.2 Å². The van der Waals surface area contributed by atoms with E-state index in [9.17, 15) is 9.59 Å². The first-order valence-corrected chi connectivity index (χ1v) is 8.72. The maximum absolute atomic E-state index is 12.2. The van der Waals surface area contributed by atoms with Crippen LogP contribution in [0.4, 0.5) is 5.82 Å². The minimum absolute atomic E-state index is 0.105. The average molecular weight is 391 g/mol. The number of amides is 2. The van der Waals surface area contributed by atoms with E-state index in [1.807, 2.05) is 18.2 Å². The number of carbonyl (C=O) groups excluding carboxylic acids is 2. The van der Waals surface area contributed by atoms with Gasteiger partial charge in [-0.2, -0.15) is 5.10 Å². The Hall–Kier alpha value is -2.44. The fraction of sp³-hybridized carbons (Fsp3) is 0.222. The summed E-state index contributed by atoms with van der Waals surface area (Å²) in [7, 11) is 1.53. The van der Waals surface area contributed by atoms with E-state index in [1.54, 1.807) is 18.3 Å². The summed E-state index contributed by atoms with van der Waals surface area (Å²) in [6.07, 6.45) is 2.94. The summed E-state index contributed by atoms with van der Waals surface area (Å²) in [5.74, 6) is -0.0319. The van der Waals surface area contributed by atoms with E-state index in [0.717, 1.165) is 11.1 Å². The van der Waals surface area contributed by atoms with Crippen LogP contribution in [0.25, 0.3) is 0 Å². The second-order valence-electron chi connectivity index (χ2n) is 5.90. The summed E-state index contributed by atoms with van der Waals surface area (Å²) in [5.41, 5.74) is 2.30. The fourth-order valence-corrected chi connectivity index (χ4v) is 2.83. The van der Waals surface area contributed by atoms with E-state index < -0.39 is 0 Å². The molecule has 8 heteroatoms. The molecule has 6 nitrogen and oxygen atoms in total. The fourth-order valence-electron chi connectivity index (χ4n) is 2.51. The van der Waals surface area contributed by atoms with Crippen molar-refractivity contribution in [3.8, 4) is 0 Å². The van der Waals surface area contributed by atoms with Gasteiger partial charge >= 0.3 is 0 Å². The predicted molar refractivity (Wildman–Crippen MR) is 102 cm³/mol. The molecule has 134 valence electrons. The van der Waals surface area contributed by atoms with E-state index in [1.165, 1.54) is 12.1 Å². The summed E-state index contributed by atoms with van der Waals surface area (Å²) < 4.78 is 0. The smallest absolute Gasteiger partial charge is 0.273 e. The first-order valence-electron chi connectivity index (χ1n) is 7.96. The highest BCUT2D eigenvalue weighted by Crippen LogP contribution is 2.24. The number of rotatable bonds is 4. The van der Waals surface area contributed by atoms with Crippen molar-refractivity contribution in [2.75, 3.05) is 12.4 Å². The molecule has 0 atom stereocenters. The van der Waals surface area contributed by atoms with Gasteiger partial charge in [0.05, 0.1) is 10.0 Å². The number of nitrogens with zero attached hydrogens (tertiary/aromatic N) is 3. The van der Waals surface area contributed by atoms with E-state index in [2.05, 4.69) is 15.4 Å².